The first-order valence-electron chi connectivity index (χ1n) is 14.6. The lowest BCUT2D eigenvalue weighted by Gasteiger charge is -2.32. The average Bonchev–Trinajstić information content (AvgIpc) is 2.93. The molecular weight excluding hydrogens is 488 g/mol. The van der Waals surface area contributed by atoms with E-state index >= 15 is 0 Å². The molecule has 1 aromatic rings. The molecule has 0 aliphatic heterocycles. The molecule has 6 heteroatoms. The van der Waals surface area contributed by atoms with Gasteiger partial charge in [-0.15, -0.1) is 0 Å². The number of hydrogen-bond acceptors (Lipinski definition) is 5. The Morgan fingerprint density at radius 3 is 2.49 bits per heavy atom. The molecule has 2 aliphatic rings. The Morgan fingerprint density at radius 1 is 1.13 bits per heavy atom. The fourth-order valence-corrected chi connectivity index (χ4v) is 5.41. The Kier molecular flexibility index (Phi) is 13.0. The minimum atomic E-state index is -0.473. The highest BCUT2D eigenvalue weighted by Gasteiger charge is 2.34. The molecule has 0 aromatic heterocycles. The third-order valence-corrected chi connectivity index (χ3v) is 7.79. The van der Waals surface area contributed by atoms with Crippen molar-refractivity contribution >= 4 is 18.6 Å². The maximum absolute atomic E-state index is 13.7. The van der Waals surface area contributed by atoms with E-state index in [4.69, 9.17) is 14.5 Å². The second-order valence-corrected chi connectivity index (χ2v) is 10.8. The molecule has 39 heavy (non-hydrogen) atoms. The Labute approximate surface area is 234 Å². The van der Waals surface area contributed by atoms with Gasteiger partial charge in [0.25, 0.3) is 0 Å². The van der Waals surface area contributed by atoms with Gasteiger partial charge in [-0.3, -0.25) is 9.59 Å². The van der Waals surface area contributed by atoms with Gasteiger partial charge >= 0.3 is 5.97 Å². The van der Waals surface area contributed by atoms with E-state index in [1.54, 1.807) is 36.7 Å². The van der Waals surface area contributed by atoms with E-state index < -0.39 is 6.23 Å². The number of rotatable bonds is 16. The van der Waals surface area contributed by atoms with E-state index in [1.165, 1.54) is 25.7 Å². The highest BCUT2D eigenvalue weighted by molar-refractivity contribution is 5.77. The summed E-state index contributed by atoms with van der Waals surface area (Å²) in [7, 11) is 1.98. The molecule has 0 N–H and O–H groups in total. The van der Waals surface area contributed by atoms with Crippen LogP contribution in [0.4, 0.5) is 0 Å². The number of nitrogens with zero attached hydrogens (tertiary/aromatic N) is 2. The summed E-state index contributed by atoms with van der Waals surface area (Å²) in [4.78, 5) is 31.3. The molecule has 212 valence electrons. The van der Waals surface area contributed by atoms with Crippen LogP contribution in [-0.4, -0.2) is 49.9 Å². The maximum atomic E-state index is 13.7. The Bertz CT molecular complexity index is 987. The van der Waals surface area contributed by atoms with E-state index in [2.05, 4.69) is 6.58 Å². The Morgan fingerprint density at radius 2 is 1.87 bits per heavy atom. The predicted octanol–water partition coefficient (Wildman–Crippen LogP) is 7.17. The van der Waals surface area contributed by atoms with Crippen molar-refractivity contribution in [2.75, 3.05) is 20.2 Å². The van der Waals surface area contributed by atoms with Crippen LogP contribution in [0.1, 0.15) is 81.5 Å². The van der Waals surface area contributed by atoms with Crippen molar-refractivity contribution in [1.29, 1.82) is 0 Å². The largest absolute Gasteiger partial charge is 0.494 e. The van der Waals surface area contributed by atoms with Crippen LogP contribution in [0.25, 0.3) is 0 Å². The molecule has 0 spiro atoms. The summed E-state index contributed by atoms with van der Waals surface area (Å²) in [5.74, 6) is 1.16. The van der Waals surface area contributed by atoms with Crippen molar-refractivity contribution in [1.82, 2.24) is 4.90 Å². The zero-order valence-electron chi connectivity index (χ0n) is 23.8. The van der Waals surface area contributed by atoms with Gasteiger partial charge in [-0.2, -0.15) is 0 Å². The second kappa shape index (κ2) is 16.7. The lowest BCUT2D eigenvalue weighted by Crippen LogP contribution is -2.33. The first kappa shape index (κ1) is 30.4. The van der Waals surface area contributed by atoms with Gasteiger partial charge in [0, 0.05) is 25.6 Å². The minimum absolute atomic E-state index is 0.161. The molecule has 2 fully saturated rings. The van der Waals surface area contributed by atoms with Gasteiger partial charge in [0.05, 0.1) is 18.9 Å². The van der Waals surface area contributed by atoms with Crippen LogP contribution in [0.3, 0.4) is 0 Å². The molecule has 2 atom stereocenters. The zero-order valence-corrected chi connectivity index (χ0v) is 23.8. The number of carbonyl (C=O) groups is 2. The predicted molar refractivity (Wildman–Crippen MR) is 158 cm³/mol. The van der Waals surface area contributed by atoms with E-state index in [1.807, 2.05) is 37.1 Å². The first-order valence-corrected chi connectivity index (χ1v) is 14.6. The van der Waals surface area contributed by atoms with Gasteiger partial charge in [-0.25, -0.2) is 4.99 Å². The topological polar surface area (TPSA) is 68.2 Å². The van der Waals surface area contributed by atoms with Gasteiger partial charge in [0.2, 0.25) is 0 Å². The fourth-order valence-electron chi connectivity index (χ4n) is 5.41. The number of benzene rings is 1. The molecular formula is C33H46N2O4. The van der Waals surface area contributed by atoms with Crippen molar-refractivity contribution in [2.45, 2.75) is 77.4 Å². The van der Waals surface area contributed by atoms with E-state index in [0.717, 1.165) is 62.7 Å². The van der Waals surface area contributed by atoms with Crippen LogP contribution in [0.2, 0.25) is 0 Å². The van der Waals surface area contributed by atoms with Crippen LogP contribution < -0.4 is 4.74 Å². The highest BCUT2D eigenvalue weighted by Crippen LogP contribution is 2.37. The normalized spacial score (nSPS) is 18.5. The van der Waals surface area contributed by atoms with Crippen molar-refractivity contribution < 1.29 is 19.1 Å². The standard InChI is InChI=1S/C33H46N2O4/c1-4-11-28(12-5-2)32(29-15-7-6-8-16-29)33(37)39-31(23-26-13-9-14-26)34-25-35(3)21-10-22-38-30-19-17-27(24-36)18-20-30/h4-5,11-12,17-20,24-26,29,31-32H,1,6-10,13-16,21-23H2,2-3H3/b12-5-,28-11+,34-25+. The molecule has 0 amide bonds. The molecule has 6 nitrogen and oxygen atoms in total. The van der Waals surface area contributed by atoms with Gasteiger partial charge in [0.15, 0.2) is 6.23 Å². The van der Waals surface area contributed by atoms with Crippen molar-refractivity contribution in [3.8, 4) is 5.75 Å². The number of carbonyl (C=O) groups excluding carboxylic acids is 2. The lowest BCUT2D eigenvalue weighted by molar-refractivity contribution is -0.155. The van der Waals surface area contributed by atoms with Crippen LogP contribution in [0.15, 0.2) is 65.7 Å². The summed E-state index contributed by atoms with van der Waals surface area (Å²) in [5.41, 5.74) is 1.61. The summed E-state index contributed by atoms with van der Waals surface area (Å²) in [6.07, 6.45) is 20.7. The van der Waals surface area contributed by atoms with Gasteiger partial charge in [-0.1, -0.05) is 69.4 Å². The molecule has 0 bridgehead atoms. The lowest BCUT2D eigenvalue weighted by atomic mass is 9.76. The Hall–Kier alpha value is -3.15. The minimum Gasteiger partial charge on any atom is -0.494 e. The molecule has 2 unspecified atom stereocenters. The summed E-state index contributed by atoms with van der Waals surface area (Å²) in [5, 5.41) is 0. The summed E-state index contributed by atoms with van der Waals surface area (Å²) in [6.45, 7) is 7.18. The van der Waals surface area contributed by atoms with Crippen molar-refractivity contribution in [3.05, 3.63) is 66.3 Å². The van der Waals surface area contributed by atoms with Crippen molar-refractivity contribution in [3.63, 3.8) is 0 Å². The zero-order chi connectivity index (χ0) is 27.9. The number of hydrogen-bond donors (Lipinski definition) is 0. The average molecular weight is 535 g/mol. The fraction of sp³-hybridized carbons (Fsp3) is 0.545. The SMILES string of the molecule is C=C/C=C(\C=C/C)C(C(=O)OC(CC1CCC1)/N=C/N(C)CCCOc1ccc(C=O)cc1)C1CCCCC1. The summed E-state index contributed by atoms with van der Waals surface area (Å²) in [6, 6.07) is 7.11. The van der Waals surface area contributed by atoms with Gasteiger partial charge in [-0.05, 0) is 67.9 Å². The van der Waals surface area contributed by atoms with Crippen LogP contribution >= 0.6 is 0 Å². The van der Waals surface area contributed by atoms with Crippen LogP contribution in [-0.2, 0) is 9.53 Å². The van der Waals surface area contributed by atoms with Gasteiger partial charge in [0.1, 0.15) is 12.0 Å². The van der Waals surface area contributed by atoms with Crippen LogP contribution in [0, 0.1) is 17.8 Å². The monoisotopic (exact) mass is 534 g/mol. The third kappa shape index (κ3) is 10.2. The second-order valence-electron chi connectivity index (χ2n) is 10.8. The van der Waals surface area contributed by atoms with Gasteiger partial charge < -0.3 is 14.4 Å². The van der Waals surface area contributed by atoms with Crippen molar-refractivity contribution in [2.24, 2.45) is 22.7 Å². The number of esters is 1. The smallest absolute Gasteiger partial charge is 0.315 e. The number of ether oxygens (including phenoxy) is 2. The molecule has 0 saturated heterocycles. The molecule has 2 aliphatic carbocycles. The molecule has 1 aromatic carbocycles. The molecule has 0 heterocycles. The summed E-state index contributed by atoms with van der Waals surface area (Å²) < 4.78 is 12.0. The molecule has 2 saturated carbocycles. The quantitative estimate of drug-likeness (QED) is 0.0561. The molecule has 3 rings (SSSR count). The van der Waals surface area contributed by atoms with Crippen LogP contribution in [0.5, 0.6) is 5.75 Å². The molecule has 0 radical (unpaired) electrons. The Balaban J connectivity index is 1.59. The third-order valence-electron chi connectivity index (χ3n) is 7.79. The number of allylic oxidation sites excluding steroid dienone is 4. The summed E-state index contributed by atoms with van der Waals surface area (Å²) >= 11 is 0. The van der Waals surface area contributed by atoms with E-state index in [9.17, 15) is 9.59 Å². The maximum Gasteiger partial charge on any atom is 0.315 e. The van der Waals surface area contributed by atoms with E-state index in [0.29, 0.717) is 24.0 Å². The van der Waals surface area contributed by atoms with E-state index in [-0.39, 0.29) is 11.9 Å². The first-order chi connectivity index (χ1) is 19.0. The number of aliphatic imine (C=N–C) groups is 1. The number of aldehydes is 1. The highest BCUT2D eigenvalue weighted by atomic mass is 16.6.